The second-order valence-electron chi connectivity index (χ2n) is 3.97. The van der Waals surface area contributed by atoms with Crippen molar-refractivity contribution in [3.8, 4) is 0 Å². The minimum atomic E-state index is -0.0874. The van der Waals surface area contributed by atoms with Crippen LogP contribution >= 0.6 is 0 Å². The Morgan fingerprint density at radius 2 is 2.25 bits per heavy atom. The Balaban J connectivity index is 2.32. The summed E-state index contributed by atoms with van der Waals surface area (Å²) in [5.74, 6) is 6.49. The molecule has 2 rings (SSSR count). The van der Waals surface area contributed by atoms with E-state index >= 15 is 0 Å². The van der Waals surface area contributed by atoms with Gasteiger partial charge in [-0.15, -0.1) is 0 Å². The van der Waals surface area contributed by atoms with E-state index in [9.17, 15) is 0 Å². The number of aromatic nitrogens is 1. The number of rotatable bonds is 3. The first-order valence-corrected chi connectivity index (χ1v) is 5.45. The van der Waals surface area contributed by atoms with Gasteiger partial charge in [0.25, 0.3) is 0 Å². The maximum Gasteiger partial charge on any atom is 0.115 e. The van der Waals surface area contributed by atoms with E-state index in [1.165, 1.54) is 0 Å². The van der Waals surface area contributed by atoms with E-state index in [2.05, 4.69) is 16.5 Å². The van der Waals surface area contributed by atoms with Crippen LogP contribution in [0.3, 0.4) is 0 Å². The first-order valence-electron chi connectivity index (χ1n) is 5.45. The van der Waals surface area contributed by atoms with Crippen LogP contribution in [0.4, 0.5) is 0 Å². The average molecular weight is 219 g/mol. The van der Waals surface area contributed by atoms with Gasteiger partial charge in [0, 0.05) is 17.8 Å². The zero-order valence-electron chi connectivity index (χ0n) is 9.66. The summed E-state index contributed by atoms with van der Waals surface area (Å²) < 4.78 is 5.54. The van der Waals surface area contributed by atoms with Crippen LogP contribution < -0.4 is 11.3 Å². The molecule has 1 aromatic rings. The first-order chi connectivity index (χ1) is 7.72. The fraction of sp³-hybridized carbons (Fsp3) is 0.417. The van der Waals surface area contributed by atoms with Crippen molar-refractivity contribution in [2.75, 3.05) is 6.61 Å². The molecule has 86 valence electrons. The lowest BCUT2D eigenvalue weighted by molar-refractivity contribution is 0.215. The fourth-order valence-electron chi connectivity index (χ4n) is 1.97. The summed E-state index contributed by atoms with van der Waals surface area (Å²) in [7, 11) is 0. The number of nitrogens with two attached hydrogens (primary N) is 1. The van der Waals surface area contributed by atoms with Crippen LogP contribution in [0.15, 0.2) is 24.0 Å². The van der Waals surface area contributed by atoms with Gasteiger partial charge in [0.05, 0.1) is 6.61 Å². The number of hydrazine groups is 1. The molecule has 0 spiro atoms. The Morgan fingerprint density at radius 3 is 2.81 bits per heavy atom. The zero-order valence-corrected chi connectivity index (χ0v) is 9.66. The van der Waals surface area contributed by atoms with Gasteiger partial charge in [0.15, 0.2) is 0 Å². The molecule has 0 radical (unpaired) electrons. The van der Waals surface area contributed by atoms with E-state index in [0.717, 1.165) is 35.7 Å². The van der Waals surface area contributed by atoms with Gasteiger partial charge in [-0.1, -0.05) is 6.07 Å². The van der Waals surface area contributed by atoms with Crippen molar-refractivity contribution in [1.82, 2.24) is 10.4 Å². The molecule has 0 saturated carbocycles. The van der Waals surface area contributed by atoms with E-state index in [1.54, 1.807) is 0 Å². The van der Waals surface area contributed by atoms with Gasteiger partial charge in [0.1, 0.15) is 11.8 Å². The van der Waals surface area contributed by atoms with Gasteiger partial charge in [0.2, 0.25) is 0 Å². The van der Waals surface area contributed by atoms with Crippen LogP contribution in [0.5, 0.6) is 0 Å². The predicted octanol–water partition coefficient (Wildman–Crippen LogP) is 1.51. The Labute approximate surface area is 95.5 Å². The molecule has 0 bridgehead atoms. The van der Waals surface area contributed by atoms with Gasteiger partial charge in [-0.3, -0.25) is 10.8 Å². The summed E-state index contributed by atoms with van der Waals surface area (Å²) in [4.78, 5) is 4.44. The maximum atomic E-state index is 5.59. The van der Waals surface area contributed by atoms with Crippen LogP contribution in [-0.4, -0.2) is 11.6 Å². The van der Waals surface area contributed by atoms with Crippen molar-refractivity contribution in [2.45, 2.75) is 26.3 Å². The second kappa shape index (κ2) is 4.63. The summed E-state index contributed by atoms with van der Waals surface area (Å²) in [6.07, 6.45) is 3.02. The molecule has 1 aromatic heterocycles. The summed E-state index contributed by atoms with van der Waals surface area (Å²) in [6.45, 7) is 4.71. The molecule has 1 atom stereocenters. The van der Waals surface area contributed by atoms with Crippen LogP contribution in [0.25, 0.3) is 0 Å². The Morgan fingerprint density at radius 1 is 1.44 bits per heavy atom. The van der Waals surface area contributed by atoms with Crippen LogP contribution in [-0.2, 0) is 4.74 Å². The third kappa shape index (κ3) is 2.08. The molecule has 1 aliphatic heterocycles. The van der Waals surface area contributed by atoms with Crippen molar-refractivity contribution >= 4 is 0 Å². The number of nitrogens with one attached hydrogen (secondary N) is 1. The lowest BCUT2D eigenvalue weighted by atomic mass is 10.0. The molecule has 16 heavy (non-hydrogen) atoms. The highest BCUT2D eigenvalue weighted by molar-refractivity contribution is 5.30. The van der Waals surface area contributed by atoms with Gasteiger partial charge in [-0.25, -0.2) is 5.43 Å². The molecule has 1 aliphatic rings. The lowest BCUT2D eigenvalue weighted by Crippen LogP contribution is -2.30. The molecule has 2 heterocycles. The smallest absolute Gasteiger partial charge is 0.115 e. The topological polar surface area (TPSA) is 60.2 Å². The maximum absolute atomic E-state index is 5.59. The highest BCUT2D eigenvalue weighted by atomic mass is 16.5. The SMILES string of the molecule is Cc1ccc(C(NN)C2=CCCO2)c(C)n1. The first kappa shape index (κ1) is 11.1. The molecule has 1 unspecified atom stereocenters. The van der Waals surface area contributed by atoms with Gasteiger partial charge < -0.3 is 4.74 Å². The molecule has 0 aromatic carbocycles. The minimum absolute atomic E-state index is 0.0874. The Hall–Kier alpha value is -1.39. The van der Waals surface area contributed by atoms with Crippen molar-refractivity contribution in [1.29, 1.82) is 0 Å². The standard InChI is InChI=1S/C12H17N3O/c1-8-5-6-10(9(2)14-8)12(15-13)11-4-3-7-16-11/h4-6,12,15H,3,7,13H2,1-2H3. The second-order valence-corrected chi connectivity index (χ2v) is 3.97. The van der Waals surface area contributed by atoms with Crippen LogP contribution in [0, 0.1) is 13.8 Å². The molecule has 0 amide bonds. The average Bonchev–Trinajstić information content (AvgIpc) is 2.75. The monoisotopic (exact) mass is 219 g/mol. The number of ether oxygens (including phenoxy) is 1. The normalized spacial score (nSPS) is 16.8. The molecule has 0 aliphatic carbocycles. The summed E-state index contributed by atoms with van der Waals surface area (Å²) in [5, 5.41) is 0. The van der Waals surface area contributed by atoms with Crippen molar-refractivity contribution < 1.29 is 4.74 Å². The van der Waals surface area contributed by atoms with Gasteiger partial charge in [-0.05, 0) is 31.6 Å². The molecule has 4 heteroatoms. The number of hydrogen-bond donors (Lipinski definition) is 2. The molecular formula is C12H17N3O. The highest BCUT2D eigenvalue weighted by Crippen LogP contribution is 2.27. The highest BCUT2D eigenvalue weighted by Gasteiger charge is 2.21. The largest absolute Gasteiger partial charge is 0.496 e. The lowest BCUT2D eigenvalue weighted by Gasteiger charge is -2.19. The van der Waals surface area contributed by atoms with Crippen molar-refractivity contribution in [3.63, 3.8) is 0 Å². The number of nitrogens with zero attached hydrogens (tertiary/aromatic N) is 1. The zero-order chi connectivity index (χ0) is 11.5. The molecular weight excluding hydrogens is 202 g/mol. The van der Waals surface area contributed by atoms with Crippen LogP contribution in [0.1, 0.15) is 29.4 Å². The molecule has 0 fully saturated rings. The summed E-state index contributed by atoms with van der Waals surface area (Å²) >= 11 is 0. The van der Waals surface area contributed by atoms with E-state index in [4.69, 9.17) is 10.6 Å². The molecule has 3 N–H and O–H groups in total. The van der Waals surface area contributed by atoms with Gasteiger partial charge in [-0.2, -0.15) is 0 Å². The van der Waals surface area contributed by atoms with E-state index in [1.807, 2.05) is 26.0 Å². The number of aryl methyl sites for hydroxylation is 2. The van der Waals surface area contributed by atoms with E-state index in [-0.39, 0.29) is 6.04 Å². The van der Waals surface area contributed by atoms with E-state index < -0.39 is 0 Å². The predicted molar refractivity (Wildman–Crippen MR) is 62.4 cm³/mol. The van der Waals surface area contributed by atoms with E-state index in [0.29, 0.717) is 0 Å². The van der Waals surface area contributed by atoms with Gasteiger partial charge >= 0.3 is 0 Å². The summed E-state index contributed by atoms with van der Waals surface area (Å²) in [6, 6.07) is 3.95. The van der Waals surface area contributed by atoms with Crippen molar-refractivity contribution in [3.05, 3.63) is 40.9 Å². The molecule has 0 saturated heterocycles. The fourth-order valence-corrected chi connectivity index (χ4v) is 1.97. The minimum Gasteiger partial charge on any atom is -0.496 e. The third-order valence-electron chi connectivity index (χ3n) is 2.76. The Kier molecular flexibility index (Phi) is 3.22. The third-order valence-corrected chi connectivity index (χ3v) is 2.76. The molecule has 4 nitrogen and oxygen atoms in total. The summed E-state index contributed by atoms with van der Waals surface area (Å²) in [5.41, 5.74) is 5.86. The van der Waals surface area contributed by atoms with Crippen molar-refractivity contribution in [2.24, 2.45) is 5.84 Å². The Bertz CT molecular complexity index is 415. The number of hydrogen-bond acceptors (Lipinski definition) is 4. The van der Waals surface area contributed by atoms with Crippen LogP contribution in [0.2, 0.25) is 0 Å². The number of pyridine rings is 1. The quantitative estimate of drug-likeness (QED) is 0.597.